The van der Waals surface area contributed by atoms with E-state index in [1.165, 1.54) is 5.56 Å². The van der Waals surface area contributed by atoms with E-state index in [0.717, 1.165) is 22.8 Å². The number of halogens is 1. The van der Waals surface area contributed by atoms with E-state index in [2.05, 4.69) is 12.1 Å². The van der Waals surface area contributed by atoms with E-state index in [9.17, 15) is 5.11 Å². The molecular weight excluding hydrogens is 276 g/mol. The van der Waals surface area contributed by atoms with Gasteiger partial charge in [-0.3, -0.25) is 0 Å². The molecule has 19 heavy (non-hydrogen) atoms. The van der Waals surface area contributed by atoms with Gasteiger partial charge in [0.15, 0.2) is 0 Å². The van der Waals surface area contributed by atoms with Gasteiger partial charge >= 0.3 is 0 Å². The van der Waals surface area contributed by atoms with Gasteiger partial charge in [0.2, 0.25) is 0 Å². The molecule has 0 amide bonds. The molecule has 0 spiro atoms. The summed E-state index contributed by atoms with van der Waals surface area (Å²) >= 11 is 7.50. The molecule has 0 saturated carbocycles. The second-order valence-electron chi connectivity index (χ2n) is 4.44. The second-order valence-corrected chi connectivity index (χ2v) is 5.97. The Kier molecular flexibility index (Phi) is 5.77. The summed E-state index contributed by atoms with van der Waals surface area (Å²) in [6.45, 7) is 0. The molecule has 0 aliphatic heterocycles. The second kappa shape index (κ2) is 7.59. The van der Waals surface area contributed by atoms with Gasteiger partial charge in [-0.25, -0.2) is 0 Å². The molecule has 1 unspecified atom stereocenters. The normalized spacial score (nSPS) is 12.3. The van der Waals surface area contributed by atoms with Crippen LogP contribution in [0.4, 0.5) is 0 Å². The van der Waals surface area contributed by atoms with Gasteiger partial charge in [0, 0.05) is 15.7 Å². The Labute approximate surface area is 123 Å². The lowest BCUT2D eigenvalue weighted by Gasteiger charge is -2.10. The van der Waals surface area contributed by atoms with Gasteiger partial charge in [0.1, 0.15) is 0 Å². The van der Waals surface area contributed by atoms with Gasteiger partial charge in [-0.1, -0.05) is 41.9 Å². The molecular formula is C16H17ClOS. The fourth-order valence-electron chi connectivity index (χ4n) is 1.78. The molecule has 1 nitrogen and oxygen atoms in total. The Balaban J connectivity index is 1.72. The topological polar surface area (TPSA) is 20.2 Å². The van der Waals surface area contributed by atoms with Crippen molar-refractivity contribution in [3.05, 3.63) is 65.2 Å². The Bertz CT molecular complexity index is 484. The van der Waals surface area contributed by atoms with Crippen LogP contribution in [0, 0.1) is 0 Å². The highest BCUT2D eigenvalue weighted by Crippen LogP contribution is 2.22. The highest BCUT2D eigenvalue weighted by Gasteiger charge is 2.05. The average molecular weight is 293 g/mol. The molecule has 0 aliphatic rings. The predicted molar refractivity (Wildman–Crippen MR) is 82.9 cm³/mol. The average Bonchev–Trinajstić information content (AvgIpc) is 2.45. The van der Waals surface area contributed by atoms with Crippen molar-refractivity contribution < 1.29 is 5.11 Å². The molecule has 2 aromatic rings. The molecule has 0 radical (unpaired) electrons. The molecule has 2 aromatic carbocycles. The Morgan fingerprint density at radius 2 is 1.68 bits per heavy atom. The molecule has 100 valence electrons. The highest BCUT2D eigenvalue weighted by atomic mass is 35.5. The minimum Gasteiger partial charge on any atom is -0.392 e. The summed E-state index contributed by atoms with van der Waals surface area (Å²) in [7, 11) is 0. The third kappa shape index (κ3) is 5.27. The molecule has 1 N–H and O–H groups in total. The van der Waals surface area contributed by atoms with Gasteiger partial charge in [-0.15, -0.1) is 11.8 Å². The summed E-state index contributed by atoms with van der Waals surface area (Å²) in [4.78, 5) is 1.14. The number of hydrogen-bond donors (Lipinski definition) is 1. The first-order valence-electron chi connectivity index (χ1n) is 6.34. The van der Waals surface area contributed by atoms with E-state index < -0.39 is 0 Å². The van der Waals surface area contributed by atoms with Crippen LogP contribution in [0.25, 0.3) is 0 Å². The maximum atomic E-state index is 9.98. The summed E-state index contributed by atoms with van der Waals surface area (Å²) in [5.41, 5.74) is 1.28. The maximum absolute atomic E-state index is 9.98. The number of benzene rings is 2. The number of thioether (sulfide) groups is 1. The molecule has 0 saturated heterocycles. The van der Waals surface area contributed by atoms with E-state index in [-0.39, 0.29) is 6.10 Å². The van der Waals surface area contributed by atoms with E-state index in [4.69, 9.17) is 11.6 Å². The molecule has 1 atom stereocenters. The van der Waals surface area contributed by atoms with Crippen LogP contribution in [0.1, 0.15) is 12.0 Å². The first-order chi connectivity index (χ1) is 9.24. The van der Waals surface area contributed by atoms with Gasteiger partial charge < -0.3 is 5.11 Å². The summed E-state index contributed by atoms with van der Waals surface area (Å²) in [6.07, 6.45) is 1.44. The van der Waals surface area contributed by atoms with E-state index in [1.54, 1.807) is 11.8 Å². The van der Waals surface area contributed by atoms with Crippen molar-refractivity contribution in [1.29, 1.82) is 0 Å². The van der Waals surface area contributed by atoms with Crippen LogP contribution in [0.3, 0.4) is 0 Å². The third-order valence-corrected chi connectivity index (χ3v) is 4.27. The van der Waals surface area contributed by atoms with Crippen LogP contribution >= 0.6 is 23.4 Å². The van der Waals surface area contributed by atoms with Gasteiger partial charge in [-0.05, 0) is 42.7 Å². The summed E-state index contributed by atoms with van der Waals surface area (Å²) in [6, 6.07) is 18.0. The lowest BCUT2D eigenvalue weighted by atomic mass is 10.1. The van der Waals surface area contributed by atoms with Crippen molar-refractivity contribution in [2.45, 2.75) is 23.8 Å². The first-order valence-corrected chi connectivity index (χ1v) is 7.71. The molecule has 0 heterocycles. The fourth-order valence-corrected chi connectivity index (χ4v) is 2.79. The number of aliphatic hydroxyl groups is 1. The maximum Gasteiger partial charge on any atom is 0.0637 e. The summed E-state index contributed by atoms with van der Waals surface area (Å²) < 4.78 is 0. The number of aliphatic hydroxyl groups excluding tert-OH is 1. The van der Waals surface area contributed by atoms with Crippen molar-refractivity contribution in [2.24, 2.45) is 0 Å². The van der Waals surface area contributed by atoms with Gasteiger partial charge in [0.25, 0.3) is 0 Å². The van der Waals surface area contributed by atoms with Crippen LogP contribution in [-0.2, 0) is 6.42 Å². The monoisotopic (exact) mass is 292 g/mol. The Morgan fingerprint density at radius 3 is 2.37 bits per heavy atom. The van der Waals surface area contributed by atoms with Crippen molar-refractivity contribution in [3.63, 3.8) is 0 Å². The Morgan fingerprint density at radius 1 is 1.00 bits per heavy atom. The smallest absolute Gasteiger partial charge is 0.0637 e. The quantitative estimate of drug-likeness (QED) is 0.795. The molecule has 0 bridgehead atoms. The molecule has 0 aliphatic carbocycles. The van der Waals surface area contributed by atoms with Crippen molar-refractivity contribution in [1.82, 2.24) is 0 Å². The molecule has 3 heteroatoms. The van der Waals surface area contributed by atoms with E-state index >= 15 is 0 Å². The molecule has 0 fully saturated rings. The molecule has 0 aromatic heterocycles. The van der Waals surface area contributed by atoms with Crippen molar-refractivity contribution in [3.8, 4) is 0 Å². The zero-order valence-corrected chi connectivity index (χ0v) is 12.2. The van der Waals surface area contributed by atoms with Gasteiger partial charge in [-0.2, -0.15) is 0 Å². The fraction of sp³-hybridized carbons (Fsp3) is 0.250. The van der Waals surface area contributed by atoms with Crippen LogP contribution in [-0.4, -0.2) is 17.0 Å². The van der Waals surface area contributed by atoms with E-state index in [1.807, 2.05) is 42.5 Å². The summed E-state index contributed by atoms with van der Waals surface area (Å²) in [5.74, 6) is 0.717. The van der Waals surface area contributed by atoms with Gasteiger partial charge in [0.05, 0.1) is 6.10 Å². The zero-order chi connectivity index (χ0) is 13.5. The summed E-state index contributed by atoms with van der Waals surface area (Å²) in [5, 5.41) is 10.7. The number of aryl methyl sites for hydroxylation is 1. The predicted octanol–water partition coefficient (Wildman–Crippen LogP) is 4.43. The first kappa shape index (κ1) is 14.4. The van der Waals surface area contributed by atoms with Crippen molar-refractivity contribution in [2.75, 3.05) is 5.75 Å². The number of rotatable bonds is 6. The standard InChI is InChI=1S/C16H17ClOS/c17-14-7-10-16(11-8-14)19-12-15(18)9-6-13-4-2-1-3-5-13/h1-5,7-8,10-11,15,18H,6,9,12H2. The van der Waals surface area contributed by atoms with Crippen LogP contribution in [0.2, 0.25) is 5.02 Å². The lowest BCUT2D eigenvalue weighted by Crippen LogP contribution is -2.10. The SMILES string of the molecule is OC(CCc1ccccc1)CSc1ccc(Cl)cc1. The molecule has 2 rings (SSSR count). The largest absolute Gasteiger partial charge is 0.392 e. The van der Waals surface area contributed by atoms with Crippen LogP contribution in [0.5, 0.6) is 0 Å². The van der Waals surface area contributed by atoms with Crippen LogP contribution in [0.15, 0.2) is 59.5 Å². The van der Waals surface area contributed by atoms with Crippen LogP contribution < -0.4 is 0 Å². The van der Waals surface area contributed by atoms with Crippen molar-refractivity contribution >= 4 is 23.4 Å². The third-order valence-electron chi connectivity index (χ3n) is 2.87. The number of hydrogen-bond acceptors (Lipinski definition) is 2. The minimum absolute atomic E-state index is 0.277. The lowest BCUT2D eigenvalue weighted by molar-refractivity contribution is 0.189. The zero-order valence-electron chi connectivity index (χ0n) is 10.6. The highest BCUT2D eigenvalue weighted by molar-refractivity contribution is 7.99. The van der Waals surface area contributed by atoms with E-state index in [0.29, 0.717) is 5.75 Å². The minimum atomic E-state index is -0.277. The Hall–Kier alpha value is -0.960.